The molecule has 140 valence electrons. The van der Waals surface area contributed by atoms with E-state index in [0.29, 0.717) is 19.6 Å². The second kappa shape index (κ2) is 9.42. The molecule has 0 radical (unpaired) electrons. The van der Waals surface area contributed by atoms with Gasteiger partial charge in [-0.25, -0.2) is 0 Å². The van der Waals surface area contributed by atoms with Gasteiger partial charge in [0.25, 0.3) is 0 Å². The summed E-state index contributed by atoms with van der Waals surface area (Å²) in [4.78, 5) is 30.1. The van der Waals surface area contributed by atoms with Crippen LogP contribution in [0.5, 0.6) is 0 Å². The van der Waals surface area contributed by atoms with Crippen molar-refractivity contribution in [3.8, 4) is 0 Å². The third-order valence-electron chi connectivity index (χ3n) is 4.50. The zero-order valence-electron chi connectivity index (χ0n) is 15.3. The van der Waals surface area contributed by atoms with Crippen molar-refractivity contribution in [3.05, 3.63) is 72.8 Å². The van der Waals surface area contributed by atoms with Gasteiger partial charge in [-0.3, -0.25) is 9.59 Å². The summed E-state index contributed by atoms with van der Waals surface area (Å²) in [5.74, 6) is 0.869. The van der Waals surface area contributed by atoms with Gasteiger partial charge in [0.15, 0.2) is 0 Å². The maximum Gasteiger partial charge on any atom is 0.227 e. The minimum Gasteiger partial charge on any atom is -0.335 e. The van der Waals surface area contributed by atoms with Gasteiger partial charge in [0.05, 0.1) is 5.69 Å². The van der Waals surface area contributed by atoms with Crippen molar-refractivity contribution in [2.24, 2.45) is 0 Å². The molecule has 0 saturated heterocycles. The Balaban J connectivity index is 1.60. The Labute approximate surface area is 164 Å². The number of rotatable bonds is 7. The van der Waals surface area contributed by atoms with E-state index in [1.165, 1.54) is 0 Å². The number of hydrogen-bond acceptors (Lipinski definition) is 3. The number of fused-ring (bicyclic) bond motifs is 1. The van der Waals surface area contributed by atoms with E-state index in [9.17, 15) is 9.59 Å². The van der Waals surface area contributed by atoms with E-state index in [-0.39, 0.29) is 24.7 Å². The van der Waals surface area contributed by atoms with Crippen molar-refractivity contribution in [2.75, 3.05) is 23.7 Å². The minimum absolute atomic E-state index is 0.00867. The molecule has 1 aliphatic rings. The molecule has 27 heavy (non-hydrogen) atoms. The zero-order valence-corrected chi connectivity index (χ0v) is 16.2. The van der Waals surface area contributed by atoms with Crippen molar-refractivity contribution in [3.63, 3.8) is 0 Å². The van der Waals surface area contributed by atoms with E-state index in [4.69, 9.17) is 0 Å². The minimum atomic E-state index is -0.0215. The van der Waals surface area contributed by atoms with Crippen LogP contribution in [-0.4, -0.2) is 35.6 Å². The van der Waals surface area contributed by atoms with Crippen molar-refractivity contribution < 1.29 is 9.59 Å². The first-order valence-corrected chi connectivity index (χ1v) is 10.1. The molecule has 2 amide bonds. The largest absolute Gasteiger partial charge is 0.335 e. The third kappa shape index (κ3) is 5.01. The van der Waals surface area contributed by atoms with Crippen LogP contribution in [0.15, 0.2) is 72.1 Å². The van der Waals surface area contributed by atoms with Gasteiger partial charge in [-0.1, -0.05) is 48.5 Å². The second-order valence-corrected chi connectivity index (χ2v) is 7.55. The molecule has 0 aliphatic carbocycles. The van der Waals surface area contributed by atoms with Gasteiger partial charge in [0, 0.05) is 43.1 Å². The molecule has 0 atom stereocenters. The maximum atomic E-state index is 12.7. The van der Waals surface area contributed by atoms with Crippen LogP contribution in [0.4, 0.5) is 5.69 Å². The summed E-state index contributed by atoms with van der Waals surface area (Å²) in [5, 5.41) is 0. The van der Waals surface area contributed by atoms with E-state index in [0.717, 1.165) is 21.9 Å². The Kier molecular flexibility index (Phi) is 6.71. The Bertz CT molecular complexity index is 807. The quantitative estimate of drug-likeness (QED) is 0.679. The highest BCUT2D eigenvalue weighted by molar-refractivity contribution is 7.99. The van der Waals surface area contributed by atoms with E-state index < -0.39 is 0 Å². The molecular formula is C22H24N2O2S. The van der Waals surface area contributed by atoms with Gasteiger partial charge in [-0.2, -0.15) is 0 Å². The van der Waals surface area contributed by atoms with Gasteiger partial charge in [-0.05, 0) is 17.7 Å². The number of thioether (sulfide) groups is 1. The smallest absolute Gasteiger partial charge is 0.227 e. The van der Waals surface area contributed by atoms with Crippen LogP contribution in [0.1, 0.15) is 18.4 Å². The average Bonchev–Trinajstić information content (AvgIpc) is 2.71. The van der Waals surface area contributed by atoms with Crippen LogP contribution in [0.25, 0.3) is 0 Å². The van der Waals surface area contributed by atoms with E-state index in [1.807, 2.05) is 59.5 Å². The fraction of sp³-hybridized carbons (Fsp3) is 0.273. The summed E-state index contributed by atoms with van der Waals surface area (Å²) < 4.78 is 0. The van der Waals surface area contributed by atoms with Crippen molar-refractivity contribution in [1.82, 2.24) is 4.90 Å². The summed E-state index contributed by atoms with van der Waals surface area (Å²) in [6.45, 7) is 5.44. The van der Waals surface area contributed by atoms with E-state index in [1.54, 1.807) is 22.7 Å². The molecule has 0 unspecified atom stereocenters. The Morgan fingerprint density at radius 3 is 2.59 bits per heavy atom. The monoisotopic (exact) mass is 380 g/mol. The second-order valence-electron chi connectivity index (χ2n) is 6.41. The average molecular weight is 381 g/mol. The van der Waals surface area contributed by atoms with Crippen LogP contribution < -0.4 is 4.90 Å². The van der Waals surface area contributed by atoms with Crippen molar-refractivity contribution in [2.45, 2.75) is 24.3 Å². The van der Waals surface area contributed by atoms with Gasteiger partial charge in [0.1, 0.15) is 0 Å². The molecule has 3 rings (SSSR count). The predicted octanol–water partition coefficient (Wildman–Crippen LogP) is 4.12. The lowest BCUT2D eigenvalue weighted by Crippen LogP contribution is -2.37. The molecule has 2 aromatic rings. The zero-order chi connectivity index (χ0) is 19.1. The van der Waals surface area contributed by atoms with Crippen LogP contribution in [0.2, 0.25) is 0 Å². The lowest BCUT2D eigenvalue weighted by molar-refractivity contribution is -0.133. The number of anilines is 1. The Hall–Kier alpha value is -2.53. The van der Waals surface area contributed by atoms with Gasteiger partial charge < -0.3 is 9.80 Å². The molecule has 0 aromatic heterocycles. The number of para-hydroxylation sites is 1. The Morgan fingerprint density at radius 2 is 1.81 bits per heavy atom. The van der Waals surface area contributed by atoms with E-state index >= 15 is 0 Å². The standard InChI is InChI=1S/C22H24N2O2S/c1-2-14-23(17-18-8-4-3-5-9-18)21(25)12-13-22(26)24-15-16-27-20-11-7-6-10-19(20)24/h2-11H,1,12-17H2. The van der Waals surface area contributed by atoms with Gasteiger partial charge in [-0.15, -0.1) is 18.3 Å². The topological polar surface area (TPSA) is 40.6 Å². The molecule has 0 spiro atoms. The third-order valence-corrected chi connectivity index (χ3v) is 5.54. The van der Waals surface area contributed by atoms with Crippen LogP contribution >= 0.6 is 11.8 Å². The normalized spacial score (nSPS) is 13.0. The summed E-state index contributed by atoms with van der Waals surface area (Å²) in [7, 11) is 0. The molecule has 0 bridgehead atoms. The lowest BCUT2D eigenvalue weighted by Gasteiger charge is -2.29. The molecule has 0 fully saturated rings. The SMILES string of the molecule is C=CCN(Cc1ccccc1)C(=O)CCC(=O)N1CCSc2ccccc21. The highest BCUT2D eigenvalue weighted by Gasteiger charge is 2.23. The van der Waals surface area contributed by atoms with Crippen LogP contribution in [0.3, 0.4) is 0 Å². The molecule has 1 aliphatic heterocycles. The number of carbonyl (C=O) groups excluding carboxylic acids is 2. The van der Waals surface area contributed by atoms with Gasteiger partial charge >= 0.3 is 0 Å². The summed E-state index contributed by atoms with van der Waals surface area (Å²) in [6, 6.07) is 17.8. The van der Waals surface area contributed by atoms with Crippen LogP contribution in [0, 0.1) is 0 Å². The fourth-order valence-electron chi connectivity index (χ4n) is 3.15. The highest BCUT2D eigenvalue weighted by Crippen LogP contribution is 2.34. The molecule has 0 N–H and O–H groups in total. The number of benzene rings is 2. The molecule has 1 heterocycles. The van der Waals surface area contributed by atoms with E-state index in [2.05, 4.69) is 6.58 Å². The summed E-state index contributed by atoms with van der Waals surface area (Å²) >= 11 is 1.77. The first-order valence-electron chi connectivity index (χ1n) is 9.14. The summed E-state index contributed by atoms with van der Waals surface area (Å²) in [6.07, 6.45) is 2.16. The molecule has 4 nitrogen and oxygen atoms in total. The Morgan fingerprint density at radius 1 is 1.07 bits per heavy atom. The number of carbonyl (C=O) groups is 2. The highest BCUT2D eigenvalue weighted by atomic mass is 32.2. The van der Waals surface area contributed by atoms with Crippen molar-refractivity contribution >= 4 is 29.3 Å². The first kappa shape index (κ1) is 19.2. The molecule has 2 aromatic carbocycles. The van der Waals surface area contributed by atoms with Gasteiger partial charge in [0.2, 0.25) is 11.8 Å². The van der Waals surface area contributed by atoms with Crippen LogP contribution in [-0.2, 0) is 16.1 Å². The molecular weight excluding hydrogens is 356 g/mol. The predicted molar refractivity (Wildman–Crippen MR) is 111 cm³/mol. The summed E-state index contributed by atoms with van der Waals surface area (Å²) in [5.41, 5.74) is 2.03. The maximum absolute atomic E-state index is 12.7. The number of hydrogen-bond donors (Lipinski definition) is 0. The van der Waals surface area contributed by atoms with Crippen molar-refractivity contribution in [1.29, 1.82) is 0 Å². The molecule has 0 saturated carbocycles. The number of amides is 2. The fourth-order valence-corrected chi connectivity index (χ4v) is 4.14. The molecule has 5 heteroatoms. The first-order chi connectivity index (χ1) is 13.2. The lowest BCUT2D eigenvalue weighted by atomic mass is 10.2. The number of nitrogens with zero attached hydrogens (tertiary/aromatic N) is 2.